The average molecular weight is 364 g/mol. The number of hydrogen-bond donors (Lipinski definition) is 1. The van der Waals surface area contributed by atoms with Crippen molar-refractivity contribution in [2.75, 3.05) is 39.5 Å². The van der Waals surface area contributed by atoms with Gasteiger partial charge in [-0.2, -0.15) is 0 Å². The lowest BCUT2D eigenvalue weighted by atomic mass is 10.0. The minimum Gasteiger partial charge on any atom is -0.488 e. The van der Waals surface area contributed by atoms with Gasteiger partial charge in [-0.15, -0.1) is 0 Å². The van der Waals surface area contributed by atoms with E-state index in [1.54, 1.807) is 0 Å². The smallest absolute Gasteiger partial charge is 0.251 e. The summed E-state index contributed by atoms with van der Waals surface area (Å²) in [5, 5.41) is 3.21. The van der Waals surface area contributed by atoms with Crippen LogP contribution in [0.2, 0.25) is 0 Å². The third-order valence-electron chi connectivity index (χ3n) is 4.98. The molecule has 4 rings (SSSR count). The lowest BCUT2D eigenvalue weighted by Gasteiger charge is -2.31. The van der Waals surface area contributed by atoms with Crippen molar-refractivity contribution in [1.29, 1.82) is 0 Å². The lowest BCUT2D eigenvalue weighted by Crippen LogP contribution is -2.43. The molecular weight excluding hydrogens is 340 g/mol. The standard InChI is InChI=1S/C22H24N2O3/c25-22(19-14-18-8-4-5-9-21(18)27-16-19)23-20(17-6-2-1-3-7-17)15-24-10-12-26-13-11-24/h1-9,14,20H,10-13,15-16H2,(H,23,25)/t20-/m1/s1. The number of rotatable bonds is 5. The van der Waals surface area contributed by atoms with Crippen molar-refractivity contribution in [2.24, 2.45) is 0 Å². The minimum absolute atomic E-state index is 0.0742. The zero-order valence-corrected chi connectivity index (χ0v) is 15.3. The molecule has 5 heteroatoms. The fourth-order valence-corrected chi connectivity index (χ4v) is 3.46. The summed E-state index contributed by atoms with van der Waals surface area (Å²) in [5.41, 5.74) is 2.70. The Kier molecular flexibility index (Phi) is 5.51. The van der Waals surface area contributed by atoms with Gasteiger partial charge < -0.3 is 14.8 Å². The van der Waals surface area contributed by atoms with E-state index in [1.807, 2.05) is 48.5 Å². The number of benzene rings is 2. The van der Waals surface area contributed by atoms with Gasteiger partial charge in [-0.25, -0.2) is 0 Å². The molecule has 0 saturated carbocycles. The Morgan fingerprint density at radius 1 is 1.04 bits per heavy atom. The Balaban J connectivity index is 1.51. The highest BCUT2D eigenvalue weighted by molar-refractivity contribution is 5.99. The first-order valence-electron chi connectivity index (χ1n) is 9.38. The van der Waals surface area contributed by atoms with Crippen molar-refractivity contribution < 1.29 is 14.3 Å². The number of ether oxygens (including phenoxy) is 2. The molecule has 27 heavy (non-hydrogen) atoms. The van der Waals surface area contributed by atoms with Crippen molar-refractivity contribution in [3.63, 3.8) is 0 Å². The summed E-state index contributed by atoms with van der Waals surface area (Å²) in [6, 6.07) is 17.8. The highest BCUT2D eigenvalue weighted by Gasteiger charge is 2.23. The number of para-hydroxylation sites is 1. The second-order valence-corrected chi connectivity index (χ2v) is 6.85. The Morgan fingerprint density at radius 2 is 1.78 bits per heavy atom. The molecule has 1 amide bonds. The molecule has 0 aliphatic carbocycles. The average Bonchev–Trinajstić information content (AvgIpc) is 2.74. The monoisotopic (exact) mass is 364 g/mol. The van der Waals surface area contributed by atoms with Gasteiger partial charge in [0.2, 0.25) is 0 Å². The zero-order chi connectivity index (χ0) is 18.5. The van der Waals surface area contributed by atoms with Gasteiger partial charge in [0.1, 0.15) is 12.4 Å². The van der Waals surface area contributed by atoms with E-state index in [-0.39, 0.29) is 11.9 Å². The number of amides is 1. The van der Waals surface area contributed by atoms with Crippen LogP contribution in [-0.2, 0) is 9.53 Å². The topological polar surface area (TPSA) is 50.8 Å². The summed E-state index contributed by atoms with van der Waals surface area (Å²) in [5.74, 6) is 0.744. The largest absolute Gasteiger partial charge is 0.488 e. The van der Waals surface area contributed by atoms with Crippen LogP contribution in [0, 0.1) is 0 Å². The molecule has 2 aromatic rings. The van der Waals surface area contributed by atoms with E-state index in [0.717, 1.165) is 49.7 Å². The molecule has 1 N–H and O–H groups in total. The second-order valence-electron chi connectivity index (χ2n) is 6.85. The fraction of sp³-hybridized carbons (Fsp3) is 0.318. The van der Waals surface area contributed by atoms with Gasteiger partial charge in [0.15, 0.2) is 0 Å². The molecule has 0 radical (unpaired) electrons. The molecule has 0 spiro atoms. The van der Waals surface area contributed by atoms with Crippen molar-refractivity contribution >= 4 is 12.0 Å². The fourth-order valence-electron chi connectivity index (χ4n) is 3.46. The van der Waals surface area contributed by atoms with E-state index in [1.165, 1.54) is 0 Å². The Hall–Kier alpha value is -2.63. The van der Waals surface area contributed by atoms with Crippen LogP contribution in [0.1, 0.15) is 17.2 Å². The molecule has 1 saturated heterocycles. The molecule has 1 fully saturated rings. The first kappa shape index (κ1) is 17.8. The maximum atomic E-state index is 12.9. The highest BCUT2D eigenvalue weighted by atomic mass is 16.5. The van der Waals surface area contributed by atoms with Crippen molar-refractivity contribution in [1.82, 2.24) is 10.2 Å². The van der Waals surface area contributed by atoms with Gasteiger partial charge >= 0.3 is 0 Å². The number of nitrogens with zero attached hydrogens (tertiary/aromatic N) is 1. The molecule has 2 heterocycles. The molecule has 0 aromatic heterocycles. The van der Waals surface area contributed by atoms with Crippen LogP contribution in [0.5, 0.6) is 5.75 Å². The number of fused-ring (bicyclic) bond motifs is 1. The van der Waals surface area contributed by atoms with Crippen molar-refractivity contribution in [3.8, 4) is 5.75 Å². The van der Waals surface area contributed by atoms with Crippen LogP contribution < -0.4 is 10.1 Å². The van der Waals surface area contributed by atoms with Crippen LogP contribution in [0.4, 0.5) is 0 Å². The third-order valence-corrected chi connectivity index (χ3v) is 4.98. The number of carbonyl (C=O) groups is 1. The molecule has 2 aromatic carbocycles. The molecule has 0 bridgehead atoms. The maximum absolute atomic E-state index is 12.9. The summed E-state index contributed by atoms with van der Waals surface area (Å²) in [6.45, 7) is 4.32. The predicted octanol–water partition coefficient (Wildman–Crippen LogP) is 2.65. The van der Waals surface area contributed by atoms with E-state index in [2.05, 4.69) is 22.3 Å². The van der Waals surface area contributed by atoms with Gasteiger partial charge in [0.25, 0.3) is 5.91 Å². The molecule has 1 atom stereocenters. The second kappa shape index (κ2) is 8.37. The molecule has 0 unspecified atom stereocenters. The summed E-state index contributed by atoms with van der Waals surface area (Å²) in [4.78, 5) is 15.3. The molecule has 140 valence electrons. The van der Waals surface area contributed by atoms with Crippen molar-refractivity contribution in [2.45, 2.75) is 6.04 Å². The van der Waals surface area contributed by atoms with Gasteiger partial charge in [-0.1, -0.05) is 48.5 Å². The Bertz CT molecular complexity index is 813. The predicted molar refractivity (Wildman–Crippen MR) is 104 cm³/mol. The molecule has 2 aliphatic heterocycles. The molecule has 5 nitrogen and oxygen atoms in total. The summed E-state index contributed by atoms with van der Waals surface area (Å²) >= 11 is 0. The Labute approximate surface area is 159 Å². The first-order chi connectivity index (χ1) is 13.3. The SMILES string of the molecule is O=C(N[C@H](CN1CCOCC1)c1ccccc1)C1=Cc2ccccc2OC1. The zero-order valence-electron chi connectivity index (χ0n) is 15.3. The van der Waals surface area contributed by atoms with E-state index in [4.69, 9.17) is 9.47 Å². The number of morpholine rings is 1. The van der Waals surface area contributed by atoms with Crippen LogP contribution in [0.25, 0.3) is 6.08 Å². The quantitative estimate of drug-likeness (QED) is 0.886. The summed E-state index contributed by atoms with van der Waals surface area (Å²) < 4.78 is 11.2. The van der Waals surface area contributed by atoms with E-state index in [0.29, 0.717) is 12.2 Å². The summed E-state index contributed by atoms with van der Waals surface area (Å²) in [7, 11) is 0. The number of hydrogen-bond acceptors (Lipinski definition) is 4. The van der Waals surface area contributed by atoms with Gasteiger partial charge in [-0.05, 0) is 17.7 Å². The van der Waals surface area contributed by atoms with Crippen LogP contribution in [0.3, 0.4) is 0 Å². The minimum atomic E-state index is -0.0772. The van der Waals surface area contributed by atoms with Gasteiger partial charge in [0.05, 0.1) is 24.8 Å². The van der Waals surface area contributed by atoms with E-state index in [9.17, 15) is 4.79 Å². The number of carbonyl (C=O) groups excluding carboxylic acids is 1. The van der Waals surface area contributed by atoms with Crippen LogP contribution in [0.15, 0.2) is 60.2 Å². The van der Waals surface area contributed by atoms with E-state index < -0.39 is 0 Å². The Morgan fingerprint density at radius 3 is 2.59 bits per heavy atom. The van der Waals surface area contributed by atoms with Crippen LogP contribution >= 0.6 is 0 Å². The number of nitrogens with one attached hydrogen (secondary N) is 1. The highest BCUT2D eigenvalue weighted by Crippen LogP contribution is 2.26. The van der Waals surface area contributed by atoms with Gasteiger partial charge in [-0.3, -0.25) is 9.69 Å². The molecule has 2 aliphatic rings. The van der Waals surface area contributed by atoms with E-state index >= 15 is 0 Å². The first-order valence-corrected chi connectivity index (χ1v) is 9.38. The summed E-state index contributed by atoms with van der Waals surface area (Å²) in [6.07, 6.45) is 1.92. The van der Waals surface area contributed by atoms with Crippen LogP contribution in [-0.4, -0.2) is 50.3 Å². The lowest BCUT2D eigenvalue weighted by molar-refractivity contribution is -0.118. The van der Waals surface area contributed by atoms with Crippen molar-refractivity contribution in [3.05, 3.63) is 71.3 Å². The maximum Gasteiger partial charge on any atom is 0.251 e. The molecular formula is C22H24N2O3. The van der Waals surface area contributed by atoms with Gasteiger partial charge in [0, 0.05) is 25.2 Å². The third kappa shape index (κ3) is 4.38. The normalized spacial score (nSPS) is 18.0.